The van der Waals surface area contributed by atoms with Crippen molar-refractivity contribution in [3.8, 4) is 6.07 Å². The Morgan fingerprint density at radius 2 is 2.05 bits per heavy atom. The average molecular weight is 281 g/mol. The first kappa shape index (κ1) is 14.7. The van der Waals surface area contributed by atoms with Crippen molar-refractivity contribution in [2.24, 2.45) is 0 Å². The molecular weight excluding hydrogens is 277 g/mol. The van der Waals surface area contributed by atoms with Gasteiger partial charge in [0.25, 0.3) is 6.43 Å². The van der Waals surface area contributed by atoms with Gasteiger partial charge in [0.2, 0.25) is 0 Å². The van der Waals surface area contributed by atoms with Gasteiger partial charge in [0.15, 0.2) is 5.69 Å². The molecule has 0 N–H and O–H groups in total. The quantitative estimate of drug-likeness (QED) is 0.484. The smallest absolute Gasteiger partial charge is 0.258 e. The summed E-state index contributed by atoms with van der Waals surface area (Å²) < 4.78 is 63.2. The fraction of sp³-hybridized carbons (Fsp3) is 0.333. The number of nitriles is 1. The molecule has 0 aliphatic rings. The van der Waals surface area contributed by atoms with Crippen LogP contribution < -0.4 is 0 Å². The van der Waals surface area contributed by atoms with Crippen LogP contribution in [0.3, 0.4) is 0 Å². The van der Waals surface area contributed by atoms with Crippen molar-refractivity contribution in [3.63, 3.8) is 0 Å². The first-order valence-corrected chi connectivity index (χ1v) is 4.58. The summed E-state index contributed by atoms with van der Waals surface area (Å²) in [6, 6.07) is 1.36. The minimum Gasteiger partial charge on any atom is -0.258 e. The Morgan fingerprint density at radius 1 is 1.47 bits per heavy atom. The Bertz CT molecular complexity index is 550. The van der Waals surface area contributed by atoms with Gasteiger partial charge in [-0.05, 0) is 0 Å². The predicted octanol–water partition coefficient (Wildman–Crippen LogP) is 3.01. The molecule has 0 aromatic carbocycles. The van der Waals surface area contributed by atoms with Gasteiger partial charge in [0.1, 0.15) is 5.56 Å². The predicted molar refractivity (Wildman–Crippen MR) is 50.2 cm³/mol. The Kier molecular flexibility index (Phi) is 3.98. The third-order valence-electron chi connectivity index (χ3n) is 2.10. The topological polar surface area (TPSA) is 79.8 Å². The minimum absolute atomic E-state index is 0.403. The lowest BCUT2D eigenvalue weighted by atomic mass is 10.0. The summed E-state index contributed by atoms with van der Waals surface area (Å²) in [5.74, 6) is 0. The zero-order valence-electron chi connectivity index (χ0n) is 8.91. The van der Waals surface area contributed by atoms with E-state index in [4.69, 9.17) is 5.26 Å². The van der Waals surface area contributed by atoms with Crippen molar-refractivity contribution < 1.29 is 26.9 Å². The van der Waals surface area contributed by atoms with Crippen molar-refractivity contribution in [1.29, 1.82) is 5.26 Å². The van der Waals surface area contributed by atoms with Crippen LogP contribution in [0.4, 0.5) is 27.6 Å². The monoisotopic (exact) mass is 281 g/mol. The molecule has 102 valence electrons. The molecule has 0 radical (unpaired) electrons. The molecule has 0 atom stereocenters. The molecule has 1 aromatic heterocycles. The van der Waals surface area contributed by atoms with Gasteiger partial charge in [-0.25, -0.2) is 13.8 Å². The molecule has 1 aromatic rings. The van der Waals surface area contributed by atoms with Crippen molar-refractivity contribution in [2.75, 3.05) is 0 Å². The summed E-state index contributed by atoms with van der Waals surface area (Å²) in [6.07, 6.45) is -9.19. The molecule has 0 aliphatic heterocycles. The van der Waals surface area contributed by atoms with E-state index >= 15 is 0 Å². The van der Waals surface area contributed by atoms with Gasteiger partial charge in [0.05, 0.1) is 17.4 Å². The molecule has 0 saturated heterocycles. The van der Waals surface area contributed by atoms with Crippen LogP contribution in [-0.2, 0) is 12.6 Å². The van der Waals surface area contributed by atoms with Gasteiger partial charge in [-0.2, -0.15) is 18.4 Å². The number of hydrogen-bond donors (Lipinski definition) is 0. The minimum atomic E-state index is -5.23. The number of nitro groups is 1. The van der Waals surface area contributed by atoms with Crippen LogP contribution in [0.1, 0.15) is 23.2 Å². The molecule has 0 bridgehead atoms. The van der Waals surface area contributed by atoms with Crippen molar-refractivity contribution in [2.45, 2.75) is 19.0 Å². The largest absolute Gasteiger partial charge is 0.423 e. The van der Waals surface area contributed by atoms with Crippen molar-refractivity contribution in [3.05, 3.63) is 33.1 Å². The number of aromatic nitrogens is 1. The average Bonchev–Trinajstić information content (AvgIpc) is 2.26. The van der Waals surface area contributed by atoms with E-state index < -0.39 is 46.5 Å². The highest BCUT2D eigenvalue weighted by Crippen LogP contribution is 2.42. The molecule has 1 rings (SSSR count). The lowest BCUT2D eigenvalue weighted by Crippen LogP contribution is -2.15. The lowest BCUT2D eigenvalue weighted by Gasteiger charge is -2.13. The number of hydrogen-bond acceptors (Lipinski definition) is 4. The molecule has 1 heterocycles. The summed E-state index contributed by atoms with van der Waals surface area (Å²) >= 11 is 0. The number of pyridine rings is 1. The molecule has 10 heteroatoms. The van der Waals surface area contributed by atoms with Gasteiger partial charge in [-0.3, -0.25) is 10.1 Å². The van der Waals surface area contributed by atoms with Crippen LogP contribution in [-0.4, -0.2) is 9.91 Å². The molecule has 0 fully saturated rings. The van der Waals surface area contributed by atoms with E-state index in [0.717, 1.165) is 0 Å². The zero-order chi connectivity index (χ0) is 14.8. The third-order valence-corrected chi connectivity index (χ3v) is 2.10. The second-order valence-corrected chi connectivity index (χ2v) is 3.28. The van der Waals surface area contributed by atoms with E-state index in [9.17, 15) is 32.1 Å². The summed E-state index contributed by atoms with van der Waals surface area (Å²) in [7, 11) is 0. The van der Waals surface area contributed by atoms with Gasteiger partial charge in [-0.15, -0.1) is 0 Å². The Labute approximate surface area is 102 Å². The van der Waals surface area contributed by atoms with E-state index in [-0.39, 0.29) is 0 Å². The summed E-state index contributed by atoms with van der Waals surface area (Å²) in [5.41, 5.74) is -6.05. The van der Waals surface area contributed by atoms with Crippen LogP contribution >= 0.6 is 0 Å². The molecule has 0 saturated carbocycles. The zero-order valence-corrected chi connectivity index (χ0v) is 8.91. The SMILES string of the molecule is N#CCc1cnc(C(F)F)c([N+](=O)[O-])c1C(F)(F)F. The van der Waals surface area contributed by atoms with E-state index in [1.807, 2.05) is 0 Å². The Balaban J connectivity index is 3.73. The molecule has 0 spiro atoms. The van der Waals surface area contributed by atoms with Gasteiger partial charge >= 0.3 is 11.9 Å². The van der Waals surface area contributed by atoms with Crippen LogP contribution in [0.15, 0.2) is 6.20 Å². The number of alkyl halides is 5. The maximum absolute atomic E-state index is 12.7. The van der Waals surface area contributed by atoms with Crippen molar-refractivity contribution >= 4 is 5.69 Å². The molecule has 19 heavy (non-hydrogen) atoms. The third kappa shape index (κ3) is 2.93. The molecule has 5 nitrogen and oxygen atoms in total. The first-order valence-electron chi connectivity index (χ1n) is 4.58. The van der Waals surface area contributed by atoms with Gasteiger partial charge < -0.3 is 0 Å². The number of nitrogens with zero attached hydrogens (tertiary/aromatic N) is 3. The maximum Gasteiger partial charge on any atom is 0.423 e. The highest BCUT2D eigenvalue weighted by atomic mass is 19.4. The summed E-state index contributed by atoms with van der Waals surface area (Å²) in [4.78, 5) is 12.0. The first-order chi connectivity index (χ1) is 8.70. The van der Waals surface area contributed by atoms with Gasteiger partial charge in [0, 0.05) is 11.8 Å². The van der Waals surface area contributed by atoms with Crippen LogP contribution in [0.2, 0.25) is 0 Å². The molecule has 0 unspecified atom stereocenters. The molecular formula is C9H4F5N3O2. The van der Waals surface area contributed by atoms with Crippen LogP contribution in [0, 0.1) is 21.4 Å². The molecule has 0 amide bonds. The Hall–Kier alpha value is -2.31. The molecule has 0 aliphatic carbocycles. The van der Waals surface area contributed by atoms with Crippen molar-refractivity contribution in [1.82, 2.24) is 4.98 Å². The van der Waals surface area contributed by atoms with E-state index in [0.29, 0.717) is 6.20 Å². The Morgan fingerprint density at radius 3 is 2.42 bits per heavy atom. The fourth-order valence-corrected chi connectivity index (χ4v) is 1.43. The highest BCUT2D eigenvalue weighted by molar-refractivity contribution is 5.51. The number of halogens is 5. The highest BCUT2D eigenvalue weighted by Gasteiger charge is 2.44. The van der Waals surface area contributed by atoms with Gasteiger partial charge in [-0.1, -0.05) is 0 Å². The summed E-state index contributed by atoms with van der Waals surface area (Å²) in [5, 5.41) is 19.0. The van der Waals surface area contributed by atoms with Crippen LogP contribution in [0.25, 0.3) is 0 Å². The standard InChI is InChI=1S/C9H4F5N3O2/c10-8(11)6-7(17(18)19)5(9(12,13)14)4(1-2-15)3-16-6/h3,8H,1H2. The lowest BCUT2D eigenvalue weighted by molar-refractivity contribution is -0.389. The second-order valence-electron chi connectivity index (χ2n) is 3.28. The van der Waals surface area contributed by atoms with E-state index in [1.54, 1.807) is 0 Å². The normalized spacial score (nSPS) is 11.4. The number of rotatable bonds is 3. The second kappa shape index (κ2) is 5.13. The van der Waals surface area contributed by atoms with E-state index in [2.05, 4.69) is 4.98 Å². The fourth-order valence-electron chi connectivity index (χ4n) is 1.43. The summed E-state index contributed by atoms with van der Waals surface area (Å²) in [6.45, 7) is 0. The van der Waals surface area contributed by atoms with Crippen LogP contribution in [0.5, 0.6) is 0 Å². The van der Waals surface area contributed by atoms with E-state index in [1.165, 1.54) is 6.07 Å². The maximum atomic E-state index is 12.7.